The van der Waals surface area contributed by atoms with Gasteiger partial charge in [-0.3, -0.25) is 0 Å². The maximum Gasteiger partial charge on any atom is 0.153 e. The van der Waals surface area contributed by atoms with Gasteiger partial charge in [0.2, 0.25) is 0 Å². The predicted octanol–water partition coefficient (Wildman–Crippen LogP) is 3.53. The fraction of sp³-hybridized carbons (Fsp3) is 0.333. The van der Waals surface area contributed by atoms with Crippen molar-refractivity contribution in [1.29, 1.82) is 0 Å². The highest BCUT2D eigenvalue weighted by molar-refractivity contribution is 14.1. The Kier molecular flexibility index (Phi) is 5.22. The summed E-state index contributed by atoms with van der Waals surface area (Å²) in [5.41, 5.74) is 2.11. The van der Waals surface area contributed by atoms with Gasteiger partial charge in [-0.2, -0.15) is 0 Å². The molecular weight excluding hydrogens is 442 g/mol. The van der Waals surface area contributed by atoms with Crippen LogP contribution in [-0.4, -0.2) is 21.5 Å². The van der Waals surface area contributed by atoms with Crippen LogP contribution in [0.3, 0.4) is 0 Å². The predicted molar refractivity (Wildman–Crippen MR) is 88.4 cm³/mol. The van der Waals surface area contributed by atoms with Crippen LogP contribution in [0.2, 0.25) is 5.02 Å². The summed E-state index contributed by atoms with van der Waals surface area (Å²) in [6, 6.07) is 5.90. The molecule has 1 N–H and O–H groups in total. The zero-order chi connectivity index (χ0) is 14.0. The van der Waals surface area contributed by atoms with Crippen molar-refractivity contribution in [1.82, 2.24) is 20.3 Å². The average molecular weight is 456 g/mol. The molecule has 0 spiro atoms. The molecule has 0 aliphatic rings. The summed E-state index contributed by atoms with van der Waals surface area (Å²) in [6.07, 6.45) is 0. The molecule has 4 nitrogen and oxygen atoms in total. The van der Waals surface area contributed by atoms with Gasteiger partial charge in [0.15, 0.2) is 4.60 Å². The molecule has 7 heteroatoms. The van der Waals surface area contributed by atoms with E-state index in [1.54, 1.807) is 4.68 Å². The first-order valence-corrected chi connectivity index (χ1v) is 8.03. The molecule has 0 saturated heterocycles. The SMILES string of the molecule is CCNC(c1cc(Cl)ccc1I)c1c(Br)nnn1C. The van der Waals surface area contributed by atoms with Crippen LogP contribution in [0.5, 0.6) is 0 Å². The summed E-state index contributed by atoms with van der Waals surface area (Å²) in [4.78, 5) is 0. The lowest BCUT2D eigenvalue weighted by Crippen LogP contribution is -2.25. The van der Waals surface area contributed by atoms with Crippen molar-refractivity contribution < 1.29 is 0 Å². The highest BCUT2D eigenvalue weighted by Gasteiger charge is 2.23. The molecule has 0 radical (unpaired) electrons. The Labute approximate surface area is 139 Å². The van der Waals surface area contributed by atoms with Crippen molar-refractivity contribution in [3.05, 3.63) is 42.7 Å². The van der Waals surface area contributed by atoms with Crippen LogP contribution < -0.4 is 5.32 Å². The second-order valence-electron chi connectivity index (χ2n) is 4.05. The molecule has 1 unspecified atom stereocenters. The summed E-state index contributed by atoms with van der Waals surface area (Å²) in [6.45, 7) is 2.91. The zero-order valence-corrected chi connectivity index (χ0v) is 15.0. The summed E-state index contributed by atoms with van der Waals surface area (Å²) >= 11 is 11.9. The van der Waals surface area contributed by atoms with Crippen LogP contribution in [0.15, 0.2) is 22.8 Å². The normalized spacial score (nSPS) is 12.7. The Morgan fingerprint density at radius 2 is 2.26 bits per heavy atom. The first-order valence-electron chi connectivity index (χ1n) is 5.78. The van der Waals surface area contributed by atoms with Gasteiger partial charge >= 0.3 is 0 Å². The van der Waals surface area contributed by atoms with Crippen molar-refractivity contribution in [2.45, 2.75) is 13.0 Å². The van der Waals surface area contributed by atoms with E-state index in [2.05, 4.69) is 61.1 Å². The van der Waals surface area contributed by atoms with E-state index in [0.717, 1.165) is 31.0 Å². The molecule has 0 aliphatic carbocycles. The molecule has 1 aromatic carbocycles. The molecule has 0 saturated carbocycles. The van der Waals surface area contributed by atoms with Gasteiger partial charge < -0.3 is 5.32 Å². The third kappa shape index (κ3) is 3.29. The average Bonchev–Trinajstić information content (AvgIpc) is 2.70. The number of hydrogen-bond donors (Lipinski definition) is 1. The topological polar surface area (TPSA) is 42.7 Å². The van der Waals surface area contributed by atoms with Crippen molar-refractivity contribution in [3.8, 4) is 0 Å². The number of halogens is 3. The lowest BCUT2D eigenvalue weighted by Gasteiger charge is -2.20. The van der Waals surface area contributed by atoms with E-state index >= 15 is 0 Å². The molecule has 0 bridgehead atoms. The van der Waals surface area contributed by atoms with Crippen LogP contribution in [0, 0.1) is 3.57 Å². The molecule has 19 heavy (non-hydrogen) atoms. The minimum absolute atomic E-state index is 0.00461. The molecule has 102 valence electrons. The third-order valence-corrected chi connectivity index (χ3v) is 4.56. The Morgan fingerprint density at radius 1 is 1.53 bits per heavy atom. The van der Waals surface area contributed by atoms with E-state index in [9.17, 15) is 0 Å². The summed E-state index contributed by atoms with van der Waals surface area (Å²) in [5.74, 6) is 0. The minimum atomic E-state index is 0.00461. The van der Waals surface area contributed by atoms with E-state index in [0.29, 0.717) is 0 Å². The third-order valence-electron chi connectivity index (χ3n) is 2.78. The van der Waals surface area contributed by atoms with E-state index in [1.165, 1.54) is 0 Å². The standard InChI is InChI=1S/C12H13BrClIN4/c1-3-16-10(11-12(13)17-18-19(11)2)8-6-7(14)4-5-9(8)15/h4-6,10,16H,3H2,1-2H3. The second kappa shape index (κ2) is 6.51. The van der Waals surface area contributed by atoms with E-state index in [4.69, 9.17) is 11.6 Å². The van der Waals surface area contributed by atoms with Crippen molar-refractivity contribution in [2.75, 3.05) is 6.54 Å². The number of nitrogens with one attached hydrogen (secondary N) is 1. The number of nitrogens with zero attached hydrogens (tertiary/aromatic N) is 3. The second-order valence-corrected chi connectivity index (χ2v) is 6.40. The lowest BCUT2D eigenvalue weighted by atomic mass is 10.0. The van der Waals surface area contributed by atoms with E-state index in [1.807, 2.05) is 25.2 Å². The highest BCUT2D eigenvalue weighted by atomic mass is 127. The zero-order valence-electron chi connectivity index (χ0n) is 10.5. The Bertz CT molecular complexity index is 568. The van der Waals surface area contributed by atoms with Crippen LogP contribution >= 0.6 is 50.1 Å². The summed E-state index contributed by atoms with van der Waals surface area (Å²) in [5, 5.41) is 12.3. The minimum Gasteiger partial charge on any atom is -0.305 e. The fourth-order valence-electron chi connectivity index (χ4n) is 1.94. The van der Waals surface area contributed by atoms with Crippen LogP contribution in [0.4, 0.5) is 0 Å². The molecule has 2 aromatic rings. The van der Waals surface area contributed by atoms with Crippen molar-refractivity contribution in [3.63, 3.8) is 0 Å². The monoisotopic (exact) mass is 454 g/mol. The Hall–Kier alpha value is -0.180. The summed E-state index contributed by atoms with van der Waals surface area (Å²) < 4.78 is 3.67. The molecule has 1 atom stereocenters. The maximum absolute atomic E-state index is 6.12. The van der Waals surface area contributed by atoms with Gasteiger partial charge in [-0.1, -0.05) is 23.7 Å². The van der Waals surface area contributed by atoms with Crippen molar-refractivity contribution in [2.24, 2.45) is 7.05 Å². The Morgan fingerprint density at radius 3 is 2.84 bits per heavy atom. The quantitative estimate of drug-likeness (QED) is 0.718. The highest BCUT2D eigenvalue weighted by Crippen LogP contribution is 2.31. The number of aryl methyl sites for hydroxylation is 1. The molecule has 1 heterocycles. The molecule has 2 rings (SSSR count). The lowest BCUT2D eigenvalue weighted by molar-refractivity contribution is 0.565. The molecule has 0 fully saturated rings. The summed E-state index contributed by atoms with van der Waals surface area (Å²) in [7, 11) is 1.88. The largest absolute Gasteiger partial charge is 0.305 e. The van der Waals surface area contributed by atoms with Gasteiger partial charge in [-0.15, -0.1) is 5.10 Å². The van der Waals surface area contributed by atoms with Crippen LogP contribution in [-0.2, 0) is 7.05 Å². The molecule has 1 aromatic heterocycles. The van der Waals surface area contributed by atoms with Gasteiger partial charge in [0.05, 0.1) is 11.7 Å². The van der Waals surface area contributed by atoms with Gasteiger partial charge in [0.1, 0.15) is 0 Å². The van der Waals surface area contributed by atoms with Crippen molar-refractivity contribution >= 4 is 50.1 Å². The van der Waals surface area contributed by atoms with Gasteiger partial charge in [-0.25, -0.2) is 4.68 Å². The Balaban J connectivity index is 2.54. The maximum atomic E-state index is 6.12. The number of rotatable bonds is 4. The van der Waals surface area contributed by atoms with Gasteiger partial charge in [0, 0.05) is 15.6 Å². The van der Waals surface area contributed by atoms with Crippen LogP contribution in [0.25, 0.3) is 0 Å². The first kappa shape index (κ1) is 15.2. The van der Waals surface area contributed by atoms with Crippen LogP contribution in [0.1, 0.15) is 24.2 Å². The number of hydrogen-bond acceptors (Lipinski definition) is 3. The number of aromatic nitrogens is 3. The molecule has 0 amide bonds. The van der Waals surface area contributed by atoms with E-state index < -0.39 is 0 Å². The first-order chi connectivity index (χ1) is 9.04. The molecule has 0 aliphatic heterocycles. The smallest absolute Gasteiger partial charge is 0.153 e. The van der Waals surface area contributed by atoms with Gasteiger partial charge in [0.25, 0.3) is 0 Å². The fourth-order valence-corrected chi connectivity index (χ4v) is 3.32. The number of benzene rings is 1. The van der Waals surface area contributed by atoms with E-state index in [-0.39, 0.29) is 6.04 Å². The molecular formula is C12H13BrClIN4. The van der Waals surface area contributed by atoms with Gasteiger partial charge in [-0.05, 0) is 68.8 Å².